The molecule has 1 aliphatic heterocycles. The molecule has 1 aromatic heterocycles. The number of nitrogens with zero attached hydrogens (tertiary/aromatic N) is 2. The number of hydrogen-bond acceptors (Lipinski definition) is 5. The molecule has 1 saturated heterocycles. The zero-order chi connectivity index (χ0) is 19.9. The SMILES string of the molecule is CC(C)N1CCC(c2nc3cc(S(=O)(=O)c4ccc(Br)cc4)ccc3o2)CC1. The van der Waals surface area contributed by atoms with E-state index in [0.29, 0.717) is 17.1 Å². The van der Waals surface area contributed by atoms with Gasteiger partial charge in [0.25, 0.3) is 0 Å². The van der Waals surface area contributed by atoms with Gasteiger partial charge in [0.2, 0.25) is 9.84 Å². The number of piperidine rings is 1. The second kappa shape index (κ2) is 7.61. The van der Waals surface area contributed by atoms with E-state index in [1.165, 1.54) is 0 Å². The summed E-state index contributed by atoms with van der Waals surface area (Å²) in [4.78, 5) is 7.59. The lowest BCUT2D eigenvalue weighted by atomic mass is 9.96. The van der Waals surface area contributed by atoms with Crippen molar-refractivity contribution in [2.75, 3.05) is 13.1 Å². The van der Waals surface area contributed by atoms with Gasteiger partial charge in [-0.1, -0.05) is 15.9 Å². The Bertz CT molecular complexity index is 1080. The molecule has 2 aromatic carbocycles. The molecule has 2 heterocycles. The summed E-state index contributed by atoms with van der Waals surface area (Å²) in [5.74, 6) is 1.01. The van der Waals surface area contributed by atoms with Gasteiger partial charge >= 0.3 is 0 Å². The third-order valence-electron chi connectivity index (χ3n) is 5.42. The molecule has 7 heteroatoms. The topological polar surface area (TPSA) is 63.4 Å². The first-order chi connectivity index (χ1) is 13.3. The van der Waals surface area contributed by atoms with Gasteiger partial charge in [0.15, 0.2) is 11.5 Å². The summed E-state index contributed by atoms with van der Waals surface area (Å²) in [7, 11) is -3.59. The zero-order valence-corrected chi connectivity index (χ0v) is 18.3. The van der Waals surface area contributed by atoms with Crippen LogP contribution in [0.3, 0.4) is 0 Å². The first-order valence-electron chi connectivity index (χ1n) is 9.50. The number of sulfone groups is 1. The number of likely N-dealkylation sites (tertiary alicyclic amines) is 1. The van der Waals surface area contributed by atoms with E-state index in [-0.39, 0.29) is 15.7 Å². The minimum Gasteiger partial charge on any atom is -0.440 e. The van der Waals surface area contributed by atoms with Crippen LogP contribution in [0.4, 0.5) is 0 Å². The fourth-order valence-corrected chi connectivity index (χ4v) is 5.22. The normalized spacial score (nSPS) is 16.9. The Morgan fingerprint density at radius 1 is 1.07 bits per heavy atom. The molecule has 28 heavy (non-hydrogen) atoms. The van der Waals surface area contributed by atoms with Crippen LogP contribution in [0.25, 0.3) is 11.1 Å². The van der Waals surface area contributed by atoms with Gasteiger partial charge in [0, 0.05) is 16.4 Å². The minimum absolute atomic E-state index is 0.233. The average molecular weight is 463 g/mol. The van der Waals surface area contributed by atoms with Crippen LogP contribution < -0.4 is 0 Å². The number of hydrogen-bond donors (Lipinski definition) is 0. The smallest absolute Gasteiger partial charge is 0.206 e. The highest BCUT2D eigenvalue weighted by Gasteiger charge is 2.26. The van der Waals surface area contributed by atoms with E-state index in [1.54, 1.807) is 42.5 Å². The summed E-state index contributed by atoms with van der Waals surface area (Å²) in [6.45, 7) is 6.49. The fraction of sp³-hybridized carbons (Fsp3) is 0.381. The number of halogens is 1. The fourth-order valence-electron chi connectivity index (χ4n) is 3.68. The molecule has 148 valence electrons. The van der Waals surface area contributed by atoms with Crippen LogP contribution in [0.2, 0.25) is 0 Å². The van der Waals surface area contributed by atoms with Crippen LogP contribution in [0, 0.1) is 0 Å². The molecule has 4 rings (SSSR count). The Balaban J connectivity index is 1.61. The second-order valence-corrected chi connectivity index (χ2v) is 10.4. The largest absolute Gasteiger partial charge is 0.440 e. The van der Waals surface area contributed by atoms with E-state index < -0.39 is 9.84 Å². The van der Waals surface area contributed by atoms with Crippen molar-refractivity contribution in [3.8, 4) is 0 Å². The number of fused-ring (bicyclic) bond motifs is 1. The van der Waals surface area contributed by atoms with Gasteiger partial charge in [-0.15, -0.1) is 0 Å². The summed E-state index contributed by atoms with van der Waals surface area (Å²) >= 11 is 3.33. The van der Waals surface area contributed by atoms with Gasteiger partial charge in [0.05, 0.1) is 9.79 Å². The van der Waals surface area contributed by atoms with Crippen molar-refractivity contribution in [1.29, 1.82) is 0 Å². The number of aromatic nitrogens is 1. The van der Waals surface area contributed by atoms with Gasteiger partial charge in [-0.05, 0) is 82.2 Å². The molecular formula is C21H23BrN2O3S. The van der Waals surface area contributed by atoms with E-state index >= 15 is 0 Å². The maximum Gasteiger partial charge on any atom is 0.206 e. The van der Waals surface area contributed by atoms with Crippen molar-refractivity contribution in [2.24, 2.45) is 0 Å². The molecule has 0 bridgehead atoms. The first kappa shape index (κ1) is 19.6. The minimum atomic E-state index is -3.59. The van der Waals surface area contributed by atoms with Gasteiger partial charge < -0.3 is 9.32 Å². The number of rotatable bonds is 4. The quantitative estimate of drug-likeness (QED) is 0.544. The van der Waals surface area contributed by atoms with Crippen LogP contribution in [-0.2, 0) is 9.84 Å². The van der Waals surface area contributed by atoms with Crippen molar-refractivity contribution in [2.45, 2.75) is 48.4 Å². The first-order valence-corrected chi connectivity index (χ1v) is 11.8. The van der Waals surface area contributed by atoms with Crippen LogP contribution in [0.15, 0.2) is 61.1 Å². The predicted octanol–water partition coefficient (Wildman–Crippen LogP) is 5.01. The molecule has 0 N–H and O–H groups in total. The molecule has 3 aromatic rings. The van der Waals surface area contributed by atoms with E-state index in [2.05, 4.69) is 39.7 Å². The van der Waals surface area contributed by atoms with E-state index in [4.69, 9.17) is 4.42 Å². The van der Waals surface area contributed by atoms with Crippen LogP contribution >= 0.6 is 15.9 Å². The molecule has 1 fully saturated rings. The standard InChI is InChI=1S/C21H23BrN2O3S/c1-14(2)24-11-9-15(10-12-24)21-23-19-13-18(7-8-20(19)27-21)28(25,26)17-5-3-16(22)4-6-17/h3-8,13-15H,9-12H2,1-2H3. The summed E-state index contributed by atoms with van der Waals surface area (Å²) < 4.78 is 32.6. The molecule has 0 atom stereocenters. The third kappa shape index (κ3) is 3.75. The molecule has 0 saturated carbocycles. The van der Waals surface area contributed by atoms with Crippen LogP contribution in [0.1, 0.15) is 38.5 Å². The Hall–Kier alpha value is -1.70. The highest BCUT2D eigenvalue weighted by Crippen LogP contribution is 2.32. The molecule has 5 nitrogen and oxygen atoms in total. The Labute approximate surface area is 173 Å². The third-order valence-corrected chi connectivity index (χ3v) is 7.71. The maximum atomic E-state index is 12.9. The van der Waals surface area contributed by atoms with E-state index in [1.807, 2.05) is 0 Å². The maximum absolute atomic E-state index is 12.9. The second-order valence-electron chi connectivity index (χ2n) is 7.54. The van der Waals surface area contributed by atoms with Gasteiger partial charge in [-0.25, -0.2) is 13.4 Å². The molecule has 0 aliphatic carbocycles. The number of oxazole rings is 1. The lowest BCUT2D eigenvalue weighted by molar-refractivity contribution is 0.164. The molecule has 1 aliphatic rings. The highest BCUT2D eigenvalue weighted by atomic mass is 79.9. The predicted molar refractivity (Wildman–Crippen MR) is 112 cm³/mol. The van der Waals surface area contributed by atoms with E-state index in [0.717, 1.165) is 36.3 Å². The zero-order valence-electron chi connectivity index (χ0n) is 15.9. The highest BCUT2D eigenvalue weighted by molar-refractivity contribution is 9.10. The van der Waals surface area contributed by atoms with Crippen LogP contribution in [-0.4, -0.2) is 37.4 Å². The van der Waals surface area contributed by atoms with Crippen molar-refractivity contribution in [1.82, 2.24) is 9.88 Å². The van der Waals surface area contributed by atoms with Crippen molar-refractivity contribution >= 4 is 36.9 Å². The monoisotopic (exact) mass is 462 g/mol. The summed E-state index contributed by atoms with van der Waals surface area (Å²) in [5, 5.41) is 0. The van der Waals surface area contributed by atoms with Gasteiger partial charge in [-0.2, -0.15) is 0 Å². The summed E-state index contributed by atoms with van der Waals surface area (Å²) in [6.07, 6.45) is 2.02. The summed E-state index contributed by atoms with van der Waals surface area (Å²) in [5.41, 5.74) is 1.23. The van der Waals surface area contributed by atoms with Crippen molar-refractivity contribution in [3.05, 3.63) is 52.8 Å². The Morgan fingerprint density at radius 2 is 1.71 bits per heavy atom. The number of benzene rings is 2. The molecule has 0 unspecified atom stereocenters. The lowest BCUT2D eigenvalue weighted by Gasteiger charge is -2.33. The van der Waals surface area contributed by atoms with Crippen molar-refractivity contribution < 1.29 is 12.8 Å². The Kier molecular flexibility index (Phi) is 5.33. The Morgan fingerprint density at radius 3 is 2.36 bits per heavy atom. The van der Waals surface area contributed by atoms with Gasteiger partial charge in [-0.3, -0.25) is 0 Å². The van der Waals surface area contributed by atoms with Gasteiger partial charge in [0.1, 0.15) is 5.52 Å². The molecule has 0 radical (unpaired) electrons. The summed E-state index contributed by atoms with van der Waals surface area (Å²) in [6, 6.07) is 12.1. The molecule has 0 spiro atoms. The average Bonchev–Trinajstić information content (AvgIpc) is 3.12. The molecule has 0 amide bonds. The lowest BCUT2D eigenvalue weighted by Crippen LogP contribution is -2.37. The molecular weight excluding hydrogens is 440 g/mol. The van der Waals surface area contributed by atoms with Crippen molar-refractivity contribution in [3.63, 3.8) is 0 Å². The van der Waals surface area contributed by atoms with Crippen LogP contribution in [0.5, 0.6) is 0 Å². The van der Waals surface area contributed by atoms with E-state index in [9.17, 15) is 8.42 Å².